The van der Waals surface area contributed by atoms with Gasteiger partial charge in [0.05, 0.1) is 0 Å². The van der Waals surface area contributed by atoms with Gasteiger partial charge < -0.3 is 16.4 Å². The van der Waals surface area contributed by atoms with Gasteiger partial charge in [-0.1, -0.05) is 30.3 Å². The Morgan fingerprint density at radius 3 is 2.36 bits per heavy atom. The molecule has 0 radical (unpaired) electrons. The van der Waals surface area contributed by atoms with Crippen LogP contribution >= 0.6 is 0 Å². The highest BCUT2D eigenvalue weighted by molar-refractivity contribution is 5.92. The van der Waals surface area contributed by atoms with Crippen LogP contribution in [0.3, 0.4) is 0 Å². The molecular weight excluding hydrogens is 278 g/mol. The zero-order valence-electron chi connectivity index (χ0n) is 12.0. The molecule has 0 aliphatic carbocycles. The van der Waals surface area contributed by atoms with Crippen LogP contribution in [0.2, 0.25) is 0 Å². The molecule has 0 spiro atoms. The van der Waals surface area contributed by atoms with Crippen LogP contribution in [0.25, 0.3) is 0 Å². The number of fused-ring (bicyclic) bond motifs is 1. The zero-order valence-corrected chi connectivity index (χ0v) is 12.0. The van der Waals surface area contributed by atoms with Gasteiger partial charge in [0, 0.05) is 24.2 Å². The lowest BCUT2D eigenvalue weighted by Gasteiger charge is -2.25. The van der Waals surface area contributed by atoms with Crippen LogP contribution < -0.4 is 16.4 Å². The maximum atomic E-state index is 11.7. The summed E-state index contributed by atoms with van der Waals surface area (Å²) in [6, 6.07) is 14.7. The fourth-order valence-electron chi connectivity index (χ4n) is 2.87. The normalized spacial score (nSPS) is 16.4. The number of carbonyl (C=O) groups excluding carboxylic acids is 2. The number of hydrogen-bond donors (Lipinski definition) is 2. The minimum atomic E-state index is -0.451. The molecule has 1 heterocycles. The highest BCUT2D eigenvalue weighted by Crippen LogP contribution is 2.33. The first-order chi connectivity index (χ1) is 10.6. The van der Waals surface area contributed by atoms with Crippen LogP contribution in [0.1, 0.15) is 21.5 Å². The smallest absolute Gasteiger partial charge is 0.248 e. The molecule has 22 heavy (non-hydrogen) atoms. The molecule has 4 N–H and O–H groups in total. The van der Waals surface area contributed by atoms with E-state index in [0.717, 1.165) is 16.8 Å². The Balaban J connectivity index is 1.88. The summed E-state index contributed by atoms with van der Waals surface area (Å²) >= 11 is 0. The third-order valence-electron chi connectivity index (χ3n) is 4.01. The van der Waals surface area contributed by atoms with Gasteiger partial charge in [-0.3, -0.25) is 9.59 Å². The standard InChI is InChI=1S/C17H17N3O2/c18-16(21)12-7-5-11(6-8-12)10-20-14-4-2-1-3-13(14)9-15(20)17(19)22/h1-8,15H,9-10H2,(H2,18,21)(H2,19,22). The van der Waals surface area contributed by atoms with Gasteiger partial charge in [-0.2, -0.15) is 0 Å². The minimum absolute atomic E-state index is 0.329. The summed E-state index contributed by atoms with van der Waals surface area (Å²) in [5.41, 5.74) is 14.4. The van der Waals surface area contributed by atoms with E-state index in [0.29, 0.717) is 18.5 Å². The molecule has 0 aromatic heterocycles. The first kappa shape index (κ1) is 14.1. The summed E-state index contributed by atoms with van der Waals surface area (Å²) in [6.07, 6.45) is 0.630. The first-order valence-corrected chi connectivity index (χ1v) is 7.09. The first-order valence-electron chi connectivity index (χ1n) is 7.09. The van der Waals surface area contributed by atoms with Crippen molar-refractivity contribution in [3.05, 3.63) is 65.2 Å². The topological polar surface area (TPSA) is 89.4 Å². The highest BCUT2D eigenvalue weighted by atomic mass is 16.1. The number of benzene rings is 2. The van der Waals surface area contributed by atoms with Crippen LogP contribution in [0.5, 0.6) is 0 Å². The molecular formula is C17H17N3O2. The van der Waals surface area contributed by atoms with Gasteiger partial charge in [0.25, 0.3) is 0 Å². The Hall–Kier alpha value is -2.82. The molecule has 2 amide bonds. The average molecular weight is 295 g/mol. The Morgan fingerprint density at radius 1 is 1.05 bits per heavy atom. The second-order valence-electron chi connectivity index (χ2n) is 5.44. The number of nitrogens with two attached hydrogens (primary N) is 2. The van der Waals surface area contributed by atoms with Crippen molar-refractivity contribution in [1.29, 1.82) is 0 Å². The molecule has 2 aromatic carbocycles. The van der Waals surface area contributed by atoms with Gasteiger partial charge in [-0.25, -0.2) is 0 Å². The maximum Gasteiger partial charge on any atom is 0.248 e. The molecule has 3 rings (SSSR count). The fraction of sp³-hybridized carbons (Fsp3) is 0.176. The highest BCUT2D eigenvalue weighted by Gasteiger charge is 2.32. The molecule has 1 aliphatic rings. The van der Waals surface area contributed by atoms with E-state index in [9.17, 15) is 9.59 Å². The second-order valence-corrected chi connectivity index (χ2v) is 5.44. The predicted molar refractivity (Wildman–Crippen MR) is 84.3 cm³/mol. The van der Waals surface area contributed by atoms with E-state index >= 15 is 0 Å². The van der Waals surface area contributed by atoms with Crippen molar-refractivity contribution < 1.29 is 9.59 Å². The molecule has 0 fully saturated rings. The fourth-order valence-corrected chi connectivity index (χ4v) is 2.87. The molecule has 0 saturated heterocycles. The molecule has 5 nitrogen and oxygen atoms in total. The van der Waals surface area contributed by atoms with E-state index < -0.39 is 5.91 Å². The third kappa shape index (κ3) is 2.53. The number of primary amides is 2. The summed E-state index contributed by atoms with van der Waals surface area (Å²) in [7, 11) is 0. The number of hydrogen-bond acceptors (Lipinski definition) is 3. The van der Waals surface area contributed by atoms with E-state index in [1.807, 2.05) is 41.3 Å². The predicted octanol–water partition coefficient (Wildman–Crippen LogP) is 1.20. The third-order valence-corrected chi connectivity index (χ3v) is 4.01. The Kier molecular flexibility index (Phi) is 3.55. The van der Waals surface area contributed by atoms with Crippen LogP contribution in [0.15, 0.2) is 48.5 Å². The van der Waals surface area contributed by atoms with Gasteiger partial charge in [0.15, 0.2) is 0 Å². The van der Waals surface area contributed by atoms with Crippen molar-refractivity contribution in [2.45, 2.75) is 19.0 Å². The molecule has 2 aromatic rings. The van der Waals surface area contributed by atoms with Crippen molar-refractivity contribution in [3.8, 4) is 0 Å². The van der Waals surface area contributed by atoms with Gasteiger partial charge in [0.2, 0.25) is 11.8 Å². The monoisotopic (exact) mass is 295 g/mol. The van der Waals surface area contributed by atoms with Gasteiger partial charge in [-0.15, -0.1) is 0 Å². The van der Waals surface area contributed by atoms with Gasteiger partial charge in [-0.05, 0) is 29.3 Å². The molecule has 1 unspecified atom stereocenters. The second kappa shape index (κ2) is 5.52. The SMILES string of the molecule is NC(=O)c1ccc(CN2c3ccccc3CC2C(N)=O)cc1. The van der Waals surface area contributed by atoms with Crippen molar-refractivity contribution in [2.24, 2.45) is 11.5 Å². The number of amides is 2. The lowest BCUT2D eigenvalue weighted by molar-refractivity contribution is -0.119. The molecule has 112 valence electrons. The van der Waals surface area contributed by atoms with E-state index in [2.05, 4.69) is 0 Å². The average Bonchev–Trinajstić information content (AvgIpc) is 2.87. The Bertz CT molecular complexity index is 725. The van der Waals surface area contributed by atoms with Gasteiger partial charge >= 0.3 is 0 Å². The lowest BCUT2D eigenvalue weighted by Crippen LogP contribution is -2.42. The Labute approximate surface area is 128 Å². The van der Waals surface area contributed by atoms with Crippen LogP contribution in [0, 0.1) is 0 Å². The van der Waals surface area contributed by atoms with Crippen LogP contribution in [-0.4, -0.2) is 17.9 Å². The molecule has 0 bridgehead atoms. The molecule has 1 aliphatic heterocycles. The van der Waals surface area contributed by atoms with Crippen molar-refractivity contribution in [3.63, 3.8) is 0 Å². The maximum absolute atomic E-state index is 11.7. The largest absolute Gasteiger partial charge is 0.368 e. The van der Waals surface area contributed by atoms with Gasteiger partial charge in [0.1, 0.15) is 6.04 Å². The molecule has 0 saturated carbocycles. The quantitative estimate of drug-likeness (QED) is 0.888. The van der Waals surface area contributed by atoms with Crippen molar-refractivity contribution >= 4 is 17.5 Å². The van der Waals surface area contributed by atoms with E-state index in [1.54, 1.807) is 12.1 Å². The molecule has 5 heteroatoms. The molecule has 1 atom stereocenters. The van der Waals surface area contributed by atoms with E-state index in [4.69, 9.17) is 11.5 Å². The van der Waals surface area contributed by atoms with E-state index in [-0.39, 0.29) is 11.9 Å². The summed E-state index contributed by atoms with van der Waals surface area (Å²) in [6.45, 7) is 0.559. The van der Waals surface area contributed by atoms with Crippen molar-refractivity contribution in [2.75, 3.05) is 4.90 Å². The summed E-state index contributed by atoms with van der Waals surface area (Å²) in [4.78, 5) is 24.9. The van der Waals surface area contributed by atoms with Crippen LogP contribution in [0.4, 0.5) is 5.69 Å². The van der Waals surface area contributed by atoms with E-state index in [1.165, 1.54) is 0 Å². The summed E-state index contributed by atoms with van der Waals surface area (Å²) in [5, 5.41) is 0. The number of carbonyl (C=O) groups is 2. The number of rotatable bonds is 4. The number of para-hydroxylation sites is 1. The minimum Gasteiger partial charge on any atom is -0.368 e. The summed E-state index contributed by atoms with van der Waals surface area (Å²) in [5.74, 6) is -0.780. The zero-order chi connectivity index (χ0) is 15.7. The number of anilines is 1. The Morgan fingerprint density at radius 2 is 1.73 bits per heavy atom. The van der Waals surface area contributed by atoms with Crippen LogP contribution in [-0.2, 0) is 17.8 Å². The van der Waals surface area contributed by atoms with Crippen molar-refractivity contribution in [1.82, 2.24) is 0 Å². The lowest BCUT2D eigenvalue weighted by atomic mass is 10.1. The summed E-state index contributed by atoms with van der Waals surface area (Å²) < 4.78 is 0. The number of nitrogens with zero attached hydrogens (tertiary/aromatic N) is 1.